The molecule has 3 radical (unpaired) electrons. The van der Waals surface area contributed by atoms with Crippen molar-refractivity contribution in [2.24, 2.45) is 5.73 Å². The van der Waals surface area contributed by atoms with Gasteiger partial charge in [-0.25, -0.2) is 0 Å². The summed E-state index contributed by atoms with van der Waals surface area (Å²) >= 11 is 2.62. The van der Waals surface area contributed by atoms with Crippen molar-refractivity contribution >= 4 is 34.6 Å². The maximum absolute atomic E-state index is 10.3. The average molecular weight is 251 g/mol. The van der Waals surface area contributed by atoms with E-state index in [1.165, 1.54) is 0 Å². The Morgan fingerprint density at radius 1 is 2.00 bits per heavy atom. The predicted molar refractivity (Wildman–Crippen MR) is 37.9 cm³/mol. The van der Waals surface area contributed by atoms with Gasteiger partial charge in [-0.15, -0.1) is 0 Å². The van der Waals surface area contributed by atoms with Gasteiger partial charge in [0.1, 0.15) is 0 Å². The standard InChI is InChI=1S/C4H9As2N2O/c1-3(8-6-5)2-4(7)9/h3,8H,2H2,1H3,(H2,7,9). The monoisotopic (exact) mass is 251 g/mol. The molecule has 51 valence electrons. The van der Waals surface area contributed by atoms with E-state index in [4.69, 9.17) is 5.73 Å². The second-order valence-electron chi connectivity index (χ2n) is 1.80. The van der Waals surface area contributed by atoms with Crippen molar-refractivity contribution in [2.75, 3.05) is 0 Å². The Bertz CT molecular complexity index is 98.6. The summed E-state index contributed by atoms with van der Waals surface area (Å²) in [5.41, 5.74) is 4.95. The number of carbonyl (C=O) groups is 1. The predicted octanol–water partition coefficient (Wildman–Crippen LogP) is -1.46. The minimum atomic E-state index is -0.239. The molecule has 0 aliphatic carbocycles. The zero-order valence-corrected chi connectivity index (χ0v) is 8.92. The number of rotatable bonds is 4. The van der Waals surface area contributed by atoms with E-state index in [9.17, 15) is 4.79 Å². The number of carbonyl (C=O) groups excluding carboxylic acids is 1. The van der Waals surface area contributed by atoms with E-state index >= 15 is 0 Å². The van der Waals surface area contributed by atoms with Gasteiger partial charge >= 0.3 is 68.8 Å². The topological polar surface area (TPSA) is 55.1 Å². The van der Waals surface area contributed by atoms with Crippen LogP contribution in [0.4, 0.5) is 0 Å². The van der Waals surface area contributed by atoms with E-state index in [0.29, 0.717) is 6.42 Å². The van der Waals surface area contributed by atoms with Crippen molar-refractivity contribution in [3.05, 3.63) is 0 Å². The summed E-state index contributed by atoms with van der Waals surface area (Å²) < 4.78 is 3.14. The molecule has 5 heteroatoms. The van der Waals surface area contributed by atoms with Crippen LogP contribution in [0, 0.1) is 0 Å². The zero-order chi connectivity index (χ0) is 7.28. The van der Waals surface area contributed by atoms with Crippen LogP contribution in [0.3, 0.4) is 0 Å². The Hall–Kier alpha value is 0.547. The first-order chi connectivity index (χ1) is 4.16. The molecule has 0 aliphatic heterocycles. The van der Waals surface area contributed by atoms with Crippen LogP contribution in [0.15, 0.2) is 0 Å². The van der Waals surface area contributed by atoms with Crippen molar-refractivity contribution in [1.29, 1.82) is 0 Å². The van der Waals surface area contributed by atoms with Gasteiger partial charge < -0.3 is 0 Å². The van der Waals surface area contributed by atoms with Gasteiger partial charge in [-0.1, -0.05) is 0 Å². The van der Waals surface area contributed by atoms with Gasteiger partial charge in [0.15, 0.2) is 0 Å². The Balaban J connectivity index is 3.26. The molecule has 0 heterocycles. The summed E-state index contributed by atoms with van der Waals surface area (Å²) in [6.45, 7) is 1.95. The molecular weight excluding hydrogens is 242 g/mol. The van der Waals surface area contributed by atoms with Gasteiger partial charge in [-0.2, -0.15) is 0 Å². The second kappa shape index (κ2) is 5.34. The fraction of sp³-hybridized carbons (Fsp3) is 0.750. The quantitative estimate of drug-likeness (QED) is 0.600. The van der Waals surface area contributed by atoms with Gasteiger partial charge in [-0.3, -0.25) is 0 Å². The molecule has 0 aromatic carbocycles. The molecule has 0 spiro atoms. The SMILES string of the molecule is CC(CC(N)=O)N[As][As]. The Morgan fingerprint density at radius 3 is 2.89 bits per heavy atom. The van der Waals surface area contributed by atoms with Crippen molar-refractivity contribution in [3.8, 4) is 0 Å². The number of amides is 1. The second-order valence-corrected chi connectivity index (χ2v) is 4.94. The first-order valence-corrected chi connectivity index (χ1v) is 8.68. The summed E-state index contributed by atoms with van der Waals surface area (Å²) in [5, 5.41) is 0. The molecule has 1 atom stereocenters. The van der Waals surface area contributed by atoms with Gasteiger partial charge in [0.2, 0.25) is 0 Å². The number of nitrogens with one attached hydrogen (secondary N) is 1. The normalized spacial score (nSPS) is 14.4. The van der Waals surface area contributed by atoms with Gasteiger partial charge in [0.05, 0.1) is 0 Å². The molecule has 0 fully saturated rings. The third kappa shape index (κ3) is 6.43. The number of nitrogens with two attached hydrogens (primary N) is 1. The van der Waals surface area contributed by atoms with Gasteiger partial charge in [-0.05, 0) is 0 Å². The van der Waals surface area contributed by atoms with Gasteiger partial charge in [0.25, 0.3) is 0 Å². The maximum atomic E-state index is 10.3. The van der Waals surface area contributed by atoms with Crippen molar-refractivity contribution in [2.45, 2.75) is 19.4 Å². The molecule has 0 saturated carbocycles. The molecule has 0 saturated heterocycles. The summed E-state index contributed by atoms with van der Waals surface area (Å²) in [6.07, 6.45) is 0.438. The molecule has 0 aromatic rings. The number of primary amides is 1. The van der Waals surface area contributed by atoms with E-state index in [2.05, 4.69) is 19.0 Å². The van der Waals surface area contributed by atoms with E-state index in [-0.39, 0.29) is 25.9 Å². The zero-order valence-electron chi connectivity index (χ0n) is 5.16. The van der Waals surface area contributed by atoms with Crippen LogP contribution in [0.1, 0.15) is 13.3 Å². The molecular formula is C4H9As2N2O. The molecule has 3 nitrogen and oxygen atoms in total. The Labute approximate surface area is 68.8 Å². The summed E-state index contributed by atoms with van der Waals surface area (Å²) in [7, 11) is 0. The van der Waals surface area contributed by atoms with Gasteiger partial charge in [0, 0.05) is 0 Å². The molecule has 0 rings (SSSR count). The fourth-order valence-corrected chi connectivity index (χ4v) is 3.20. The van der Waals surface area contributed by atoms with E-state index in [0.717, 1.165) is 0 Å². The van der Waals surface area contributed by atoms with E-state index in [1.807, 2.05) is 6.92 Å². The van der Waals surface area contributed by atoms with Crippen molar-refractivity contribution < 1.29 is 4.79 Å². The van der Waals surface area contributed by atoms with Crippen LogP contribution in [-0.4, -0.2) is 40.6 Å². The number of hydrogen-bond acceptors (Lipinski definition) is 2. The molecule has 9 heavy (non-hydrogen) atoms. The number of hydrogen-bond donors (Lipinski definition) is 2. The fourth-order valence-electron chi connectivity index (χ4n) is 0.446. The summed E-state index contributed by atoms with van der Waals surface area (Å²) in [6, 6.07) is 0.241. The van der Waals surface area contributed by atoms with E-state index in [1.54, 1.807) is 0 Å². The van der Waals surface area contributed by atoms with Crippen LogP contribution in [0.5, 0.6) is 0 Å². The Kier molecular flexibility index (Phi) is 5.67. The van der Waals surface area contributed by atoms with Crippen LogP contribution >= 0.6 is 0 Å². The van der Waals surface area contributed by atoms with Crippen LogP contribution < -0.4 is 9.97 Å². The van der Waals surface area contributed by atoms with Crippen molar-refractivity contribution in [3.63, 3.8) is 0 Å². The molecule has 0 aliphatic rings. The molecule has 3 N–H and O–H groups in total. The van der Waals surface area contributed by atoms with E-state index < -0.39 is 0 Å². The molecule has 1 amide bonds. The first-order valence-electron chi connectivity index (χ1n) is 2.54. The van der Waals surface area contributed by atoms with Crippen LogP contribution in [-0.2, 0) is 4.79 Å². The summed E-state index contributed by atoms with van der Waals surface area (Å²) in [5.74, 6) is -0.239. The first kappa shape index (κ1) is 9.55. The third-order valence-electron chi connectivity index (χ3n) is 0.785. The molecule has 1 unspecified atom stereocenters. The molecule has 0 bridgehead atoms. The molecule has 0 aromatic heterocycles. The van der Waals surface area contributed by atoms with Crippen LogP contribution in [0.2, 0.25) is 0 Å². The van der Waals surface area contributed by atoms with Crippen LogP contribution in [0.25, 0.3) is 0 Å². The summed E-state index contributed by atoms with van der Waals surface area (Å²) in [4.78, 5) is 10.3. The minimum absolute atomic E-state index is 0.134. The van der Waals surface area contributed by atoms with Crippen molar-refractivity contribution in [1.82, 2.24) is 4.23 Å². The average Bonchev–Trinajstić information content (AvgIpc) is 1.63. The third-order valence-corrected chi connectivity index (χ3v) is 3.21. The Morgan fingerprint density at radius 2 is 2.56 bits per heavy atom.